The predicted molar refractivity (Wildman–Crippen MR) is 176 cm³/mol. The zero-order valence-corrected chi connectivity index (χ0v) is 23.0. The van der Waals surface area contributed by atoms with E-state index in [2.05, 4.69) is 163 Å². The van der Waals surface area contributed by atoms with Crippen LogP contribution >= 0.6 is 0 Å². The maximum Gasteiger partial charge on any atom is 0.0713 e. The van der Waals surface area contributed by atoms with Crippen LogP contribution in [-0.4, -0.2) is 4.98 Å². The van der Waals surface area contributed by atoms with E-state index in [1.165, 1.54) is 77.1 Å². The Morgan fingerprint density at radius 2 is 1.05 bits per heavy atom. The highest BCUT2D eigenvalue weighted by Crippen LogP contribution is 2.56. The van der Waals surface area contributed by atoms with E-state index < -0.39 is 0 Å². The topological polar surface area (TPSA) is 15.8 Å². The zero-order valence-electron chi connectivity index (χ0n) is 23.0. The molecule has 0 fully saturated rings. The maximum absolute atomic E-state index is 3.70. The molecular weight excluding hydrogens is 506 g/mol. The lowest BCUT2D eigenvalue weighted by Crippen LogP contribution is -2.28. The number of aromatic nitrogens is 1. The van der Waals surface area contributed by atoms with Gasteiger partial charge in [-0.25, -0.2) is 0 Å². The van der Waals surface area contributed by atoms with Gasteiger partial charge < -0.3 is 4.98 Å². The smallest absolute Gasteiger partial charge is 0.0713 e. The SMILES string of the molecule is c1ccc(C2(c3ccccc3)c3ccccc3-c3cc(-c4ccc5c(c4)[nH]c4ccc6ccccc6c45)ccc32)cc1. The molecule has 9 rings (SSSR count). The lowest BCUT2D eigenvalue weighted by molar-refractivity contribution is 0.768. The van der Waals surface area contributed by atoms with E-state index in [1.54, 1.807) is 0 Å². The van der Waals surface area contributed by atoms with Gasteiger partial charge in [0.1, 0.15) is 0 Å². The van der Waals surface area contributed by atoms with Crippen molar-refractivity contribution in [3.8, 4) is 22.3 Å². The highest BCUT2D eigenvalue weighted by molar-refractivity contribution is 6.20. The molecule has 1 N–H and O–H groups in total. The summed E-state index contributed by atoms with van der Waals surface area (Å²) in [5, 5.41) is 5.13. The van der Waals surface area contributed by atoms with Gasteiger partial charge in [0.15, 0.2) is 0 Å². The number of hydrogen-bond acceptors (Lipinski definition) is 0. The molecule has 0 radical (unpaired) electrons. The third-order valence-corrected chi connectivity index (χ3v) is 9.28. The van der Waals surface area contributed by atoms with Crippen molar-refractivity contribution < 1.29 is 0 Å². The van der Waals surface area contributed by atoms with Crippen LogP contribution in [0.15, 0.2) is 158 Å². The largest absolute Gasteiger partial charge is 0.354 e. The van der Waals surface area contributed by atoms with Crippen LogP contribution in [0.2, 0.25) is 0 Å². The molecule has 0 aliphatic heterocycles. The Kier molecular flexibility index (Phi) is 4.88. The number of fused-ring (bicyclic) bond motifs is 8. The summed E-state index contributed by atoms with van der Waals surface area (Å²) in [5.41, 5.74) is 12.3. The van der Waals surface area contributed by atoms with E-state index in [9.17, 15) is 0 Å². The Morgan fingerprint density at radius 1 is 0.405 bits per heavy atom. The molecule has 1 aliphatic carbocycles. The van der Waals surface area contributed by atoms with Crippen LogP contribution in [0.3, 0.4) is 0 Å². The van der Waals surface area contributed by atoms with Crippen molar-refractivity contribution in [1.82, 2.24) is 4.98 Å². The van der Waals surface area contributed by atoms with Gasteiger partial charge in [-0.3, -0.25) is 0 Å². The van der Waals surface area contributed by atoms with Gasteiger partial charge in [-0.1, -0.05) is 140 Å². The molecule has 0 unspecified atom stereocenters. The molecule has 1 nitrogen and oxygen atoms in total. The molecule has 0 bridgehead atoms. The molecule has 0 saturated carbocycles. The third kappa shape index (κ3) is 3.14. The summed E-state index contributed by atoms with van der Waals surface area (Å²) in [5.74, 6) is 0. The van der Waals surface area contributed by atoms with Crippen molar-refractivity contribution in [2.45, 2.75) is 5.41 Å². The second kappa shape index (κ2) is 8.80. The second-order valence-electron chi connectivity index (χ2n) is 11.4. The Balaban J connectivity index is 1.27. The van der Waals surface area contributed by atoms with Crippen molar-refractivity contribution in [2.75, 3.05) is 0 Å². The molecule has 196 valence electrons. The summed E-state index contributed by atoms with van der Waals surface area (Å²) in [7, 11) is 0. The van der Waals surface area contributed by atoms with Gasteiger partial charge in [0.05, 0.1) is 5.41 Å². The number of aromatic amines is 1. The number of hydrogen-bond donors (Lipinski definition) is 1. The average Bonchev–Trinajstić information content (AvgIpc) is 3.59. The van der Waals surface area contributed by atoms with E-state index in [4.69, 9.17) is 0 Å². The number of nitrogens with one attached hydrogen (secondary N) is 1. The summed E-state index contributed by atoms with van der Waals surface area (Å²) in [4.78, 5) is 3.70. The van der Waals surface area contributed by atoms with Gasteiger partial charge in [-0.05, 0) is 73.5 Å². The van der Waals surface area contributed by atoms with E-state index >= 15 is 0 Å². The third-order valence-electron chi connectivity index (χ3n) is 9.28. The first kappa shape index (κ1) is 23.3. The molecule has 42 heavy (non-hydrogen) atoms. The number of rotatable bonds is 3. The highest BCUT2D eigenvalue weighted by atomic mass is 14.7. The van der Waals surface area contributed by atoms with Gasteiger partial charge in [0, 0.05) is 21.8 Å². The number of H-pyrrole nitrogens is 1. The summed E-state index contributed by atoms with van der Waals surface area (Å²) in [6, 6.07) is 57.9. The van der Waals surface area contributed by atoms with Crippen LogP contribution in [0.5, 0.6) is 0 Å². The van der Waals surface area contributed by atoms with Crippen LogP contribution in [0.4, 0.5) is 0 Å². The fourth-order valence-corrected chi connectivity index (χ4v) is 7.48. The van der Waals surface area contributed by atoms with Crippen molar-refractivity contribution in [3.05, 3.63) is 180 Å². The standard InChI is InChI=1S/C41H27N/c1-3-12-30(13-4-1)41(31-14-5-2-6-15-31)36-18-10-9-17-33(36)35-25-28(20-23-37(35)41)29-19-22-34-39(26-29)42-38-24-21-27-11-7-8-16-32(27)40(34)38/h1-26,42H. The van der Waals surface area contributed by atoms with Gasteiger partial charge in [0.25, 0.3) is 0 Å². The summed E-state index contributed by atoms with van der Waals surface area (Å²) >= 11 is 0. The molecule has 1 heterocycles. The van der Waals surface area contributed by atoms with E-state index in [1.807, 2.05) is 0 Å². The fourth-order valence-electron chi connectivity index (χ4n) is 7.48. The molecule has 0 atom stereocenters. The monoisotopic (exact) mass is 533 g/mol. The lowest BCUT2D eigenvalue weighted by Gasteiger charge is -2.33. The quantitative estimate of drug-likeness (QED) is 0.232. The van der Waals surface area contributed by atoms with Gasteiger partial charge in [0.2, 0.25) is 0 Å². The minimum atomic E-state index is -0.366. The van der Waals surface area contributed by atoms with Crippen LogP contribution in [0.25, 0.3) is 54.8 Å². The molecule has 1 aliphatic rings. The minimum absolute atomic E-state index is 0.366. The van der Waals surface area contributed by atoms with Crippen LogP contribution in [0, 0.1) is 0 Å². The van der Waals surface area contributed by atoms with Crippen molar-refractivity contribution >= 4 is 32.6 Å². The first-order valence-electron chi connectivity index (χ1n) is 14.6. The minimum Gasteiger partial charge on any atom is -0.354 e. The summed E-state index contributed by atoms with van der Waals surface area (Å²) < 4.78 is 0. The van der Waals surface area contributed by atoms with Gasteiger partial charge >= 0.3 is 0 Å². The highest BCUT2D eigenvalue weighted by Gasteiger charge is 2.45. The average molecular weight is 534 g/mol. The Bertz CT molecular complexity index is 2250. The molecule has 1 heteroatoms. The second-order valence-corrected chi connectivity index (χ2v) is 11.4. The molecule has 0 saturated heterocycles. The van der Waals surface area contributed by atoms with Crippen LogP contribution in [0.1, 0.15) is 22.3 Å². The molecule has 8 aromatic rings. The molecule has 0 amide bonds. The fraction of sp³-hybridized carbons (Fsp3) is 0.0244. The van der Waals surface area contributed by atoms with E-state index in [-0.39, 0.29) is 5.41 Å². The molecule has 0 spiro atoms. The molecule has 7 aromatic carbocycles. The van der Waals surface area contributed by atoms with E-state index in [0.717, 1.165) is 0 Å². The Hall–Kier alpha value is -5.40. The number of benzene rings is 7. The van der Waals surface area contributed by atoms with Crippen molar-refractivity contribution in [1.29, 1.82) is 0 Å². The first-order chi connectivity index (χ1) is 20.8. The summed E-state index contributed by atoms with van der Waals surface area (Å²) in [6.45, 7) is 0. The molecule has 1 aromatic heterocycles. The molecular formula is C41H27N. The zero-order chi connectivity index (χ0) is 27.7. The Labute approximate surface area is 244 Å². The maximum atomic E-state index is 3.70. The summed E-state index contributed by atoms with van der Waals surface area (Å²) in [6.07, 6.45) is 0. The normalized spacial score (nSPS) is 13.4. The van der Waals surface area contributed by atoms with Crippen LogP contribution in [-0.2, 0) is 5.41 Å². The lowest BCUT2D eigenvalue weighted by atomic mass is 9.67. The van der Waals surface area contributed by atoms with Gasteiger partial charge in [-0.2, -0.15) is 0 Å². The van der Waals surface area contributed by atoms with Gasteiger partial charge in [-0.15, -0.1) is 0 Å². The van der Waals surface area contributed by atoms with Crippen molar-refractivity contribution in [2.24, 2.45) is 0 Å². The predicted octanol–water partition coefficient (Wildman–Crippen LogP) is 10.5. The Morgan fingerprint density at radius 3 is 1.86 bits per heavy atom. The van der Waals surface area contributed by atoms with E-state index in [0.29, 0.717) is 0 Å². The first-order valence-corrected chi connectivity index (χ1v) is 14.6. The van der Waals surface area contributed by atoms with Crippen molar-refractivity contribution in [3.63, 3.8) is 0 Å². The van der Waals surface area contributed by atoms with Crippen LogP contribution < -0.4 is 0 Å².